The molecule has 0 amide bonds. The Hall–Kier alpha value is -2.28. The molecule has 2 aromatic carbocycles. The van der Waals surface area contributed by atoms with Crippen molar-refractivity contribution < 1.29 is 4.74 Å². The summed E-state index contributed by atoms with van der Waals surface area (Å²) in [6.45, 7) is 0. The first-order valence-electron chi connectivity index (χ1n) is 7.09. The van der Waals surface area contributed by atoms with Crippen LogP contribution in [0.25, 0.3) is 0 Å². The molecule has 2 aromatic rings. The fraction of sp³-hybridized carbons (Fsp3) is 0.158. The van der Waals surface area contributed by atoms with Gasteiger partial charge in [-0.15, -0.1) is 0 Å². The smallest absolute Gasteiger partial charge is 0.124 e. The van der Waals surface area contributed by atoms with Crippen molar-refractivity contribution in [1.82, 2.24) is 0 Å². The normalized spacial score (nSPS) is 26.5. The maximum absolute atomic E-state index is 6.15. The number of hydrogen-bond acceptors (Lipinski definition) is 1. The standard InChI is InChI=1S/C19H16O/c1-2-8-14(9-3-1)19-15-10-4-6-12-17(15)20-18-13-7-5-11-16(18)19/h1-13,15,17,19H. The van der Waals surface area contributed by atoms with E-state index in [2.05, 4.69) is 72.8 Å². The van der Waals surface area contributed by atoms with Crippen molar-refractivity contribution in [3.63, 3.8) is 0 Å². The summed E-state index contributed by atoms with van der Waals surface area (Å²) in [5.41, 5.74) is 2.65. The van der Waals surface area contributed by atoms with E-state index in [-0.39, 0.29) is 6.10 Å². The Kier molecular flexibility index (Phi) is 2.70. The highest BCUT2D eigenvalue weighted by Crippen LogP contribution is 2.45. The third-order valence-corrected chi connectivity index (χ3v) is 4.19. The predicted octanol–water partition coefficient (Wildman–Crippen LogP) is 4.32. The topological polar surface area (TPSA) is 9.23 Å². The maximum atomic E-state index is 6.15. The van der Waals surface area contributed by atoms with Crippen LogP contribution in [0.3, 0.4) is 0 Å². The molecule has 0 radical (unpaired) electrons. The van der Waals surface area contributed by atoms with Gasteiger partial charge >= 0.3 is 0 Å². The first-order chi connectivity index (χ1) is 9.93. The van der Waals surface area contributed by atoms with Gasteiger partial charge in [0.05, 0.1) is 0 Å². The van der Waals surface area contributed by atoms with Gasteiger partial charge in [-0.25, -0.2) is 0 Å². The lowest BCUT2D eigenvalue weighted by Gasteiger charge is -2.38. The summed E-state index contributed by atoms with van der Waals surface area (Å²) in [7, 11) is 0. The molecule has 0 bridgehead atoms. The molecule has 1 heterocycles. The van der Waals surface area contributed by atoms with Crippen molar-refractivity contribution in [2.75, 3.05) is 0 Å². The molecule has 0 spiro atoms. The summed E-state index contributed by atoms with van der Waals surface area (Å²) in [6.07, 6.45) is 8.79. The monoisotopic (exact) mass is 260 g/mol. The van der Waals surface area contributed by atoms with E-state index in [0.29, 0.717) is 11.8 Å². The zero-order valence-electron chi connectivity index (χ0n) is 11.1. The van der Waals surface area contributed by atoms with E-state index < -0.39 is 0 Å². The van der Waals surface area contributed by atoms with Crippen molar-refractivity contribution in [3.8, 4) is 5.75 Å². The largest absolute Gasteiger partial charge is 0.485 e. The number of rotatable bonds is 1. The Labute approximate surface area is 119 Å². The zero-order valence-corrected chi connectivity index (χ0v) is 11.1. The van der Waals surface area contributed by atoms with Gasteiger partial charge in [0.25, 0.3) is 0 Å². The third kappa shape index (κ3) is 1.78. The van der Waals surface area contributed by atoms with Gasteiger partial charge in [0, 0.05) is 17.4 Å². The highest BCUT2D eigenvalue weighted by Gasteiger charge is 2.36. The number of hydrogen-bond donors (Lipinski definition) is 0. The second-order valence-corrected chi connectivity index (χ2v) is 5.36. The number of para-hydroxylation sites is 1. The van der Waals surface area contributed by atoms with Crippen molar-refractivity contribution in [2.24, 2.45) is 5.92 Å². The lowest BCUT2D eigenvalue weighted by Crippen LogP contribution is -2.35. The first-order valence-corrected chi connectivity index (χ1v) is 7.09. The number of benzene rings is 2. The van der Waals surface area contributed by atoms with E-state index in [1.54, 1.807) is 0 Å². The van der Waals surface area contributed by atoms with Gasteiger partial charge in [-0.05, 0) is 17.7 Å². The van der Waals surface area contributed by atoms with E-state index in [0.717, 1.165) is 5.75 Å². The maximum Gasteiger partial charge on any atom is 0.124 e. The minimum atomic E-state index is 0.139. The second-order valence-electron chi connectivity index (χ2n) is 5.36. The first kappa shape index (κ1) is 11.5. The quantitative estimate of drug-likeness (QED) is 0.742. The van der Waals surface area contributed by atoms with Crippen LogP contribution in [-0.4, -0.2) is 6.10 Å². The van der Waals surface area contributed by atoms with Crippen LogP contribution in [0.15, 0.2) is 78.9 Å². The summed E-state index contributed by atoms with van der Waals surface area (Å²) in [6, 6.07) is 19.2. The molecule has 3 atom stereocenters. The molecule has 98 valence electrons. The molecule has 0 fully saturated rings. The van der Waals surface area contributed by atoms with Crippen molar-refractivity contribution in [3.05, 3.63) is 90.0 Å². The van der Waals surface area contributed by atoms with Crippen LogP contribution >= 0.6 is 0 Å². The molecule has 1 heteroatoms. The average molecular weight is 260 g/mol. The molecule has 0 saturated carbocycles. The van der Waals surface area contributed by atoms with Crippen LogP contribution in [0.1, 0.15) is 17.0 Å². The molecule has 2 aliphatic rings. The lowest BCUT2D eigenvalue weighted by atomic mass is 9.74. The van der Waals surface area contributed by atoms with Crippen LogP contribution < -0.4 is 4.74 Å². The Morgan fingerprint density at radius 3 is 2.40 bits per heavy atom. The van der Waals surface area contributed by atoms with E-state index in [9.17, 15) is 0 Å². The van der Waals surface area contributed by atoms with Gasteiger partial charge in [-0.3, -0.25) is 0 Å². The van der Waals surface area contributed by atoms with Crippen LogP contribution in [0.2, 0.25) is 0 Å². The van der Waals surface area contributed by atoms with Crippen molar-refractivity contribution in [1.29, 1.82) is 0 Å². The van der Waals surface area contributed by atoms with Gasteiger partial charge in [-0.1, -0.05) is 66.8 Å². The molecular formula is C19H16O. The number of ether oxygens (including phenoxy) is 1. The molecule has 1 nitrogen and oxygen atoms in total. The van der Waals surface area contributed by atoms with Crippen LogP contribution in [0, 0.1) is 5.92 Å². The molecule has 20 heavy (non-hydrogen) atoms. The van der Waals surface area contributed by atoms with E-state index >= 15 is 0 Å². The van der Waals surface area contributed by atoms with E-state index in [1.165, 1.54) is 11.1 Å². The highest BCUT2D eigenvalue weighted by atomic mass is 16.5. The summed E-state index contributed by atoms with van der Waals surface area (Å²) in [4.78, 5) is 0. The molecule has 0 saturated heterocycles. The Balaban J connectivity index is 1.89. The average Bonchev–Trinajstić information content (AvgIpc) is 2.53. The minimum absolute atomic E-state index is 0.139. The molecule has 0 N–H and O–H groups in total. The highest BCUT2D eigenvalue weighted by molar-refractivity contribution is 5.47. The van der Waals surface area contributed by atoms with Crippen molar-refractivity contribution >= 4 is 0 Å². The van der Waals surface area contributed by atoms with Gasteiger partial charge in [0.1, 0.15) is 11.9 Å². The van der Waals surface area contributed by atoms with E-state index in [4.69, 9.17) is 4.74 Å². The number of allylic oxidation sites excluding steroid dienone is 2. The summed E-state index contributed by atoms with van der Waals surface area (Å²) in [5, 5.41) is 0. The molecule has 0 aromatic heterocycles. The van der Waals surface area contributed by atoms with Crippen LogP contribution in [0.5, 0.6) is 5.75 Å². The summed E-state index contributed by atoms with van der Waals surface area (Å²) < 4.78 is 6.15. The predicted molar refractivity (Wildman–Crippen MR) is 80.9 cm³/mol. The Morgan fingerprint density at radius 1 is 0.750 bits per heavy atom. The fourth-order valence-electron chi connectivity index (χ4n) is 3.28. The Bertz CT molecular complexity index is 669. The summed E-state index contributed by atoms with van der Waals surface area (Å²) >= 11 is 0. The zero-order chi connectivity index (χ0) is 13.4. The van der Waals surface area contributed by atoms with Crippen LogP contribution in [0.4, 0.5) is 0 Å². The van der Waals surface area contributed by atoms with Gasteiger partial charge in [-0.2, -0.15) is 0 Å². The minimum Gasteiger partial charge on any atom is -0.485 e. The summed E-state index contributed by atoms with van der Waals surface area (Å²) in [5.74, 6) is 1.76. The van der Waals surface area contributed by atoms with Crippen molar-refractivity contribution in [2.45, 2.75) is 12.0 Å². The van der Waals surface area contributed by atoms with Gasteiger partial charge < -0.3 is 4.74 Å². The fourth-order valence-corrected chi connectivity index (χ4v) is 3.28. The molecule has 1 aliphatic heterocycles. The Morgan fingerprint density at radius 2 is 1.50 bits per heavy atom. The van der Waals surface area contributed by atoms with E-state index in [1.807, 2.05) is 6.07 Å². The second kappa shape index (κ2) is 4.68. The molecular weight excluding hydrogens is 244 g/mol. The number of fused-ring (bicyclic) bond motifs is 2. The lowest BCUT2D eigenvalue weighted by molar-refractivity contribution is 0.166. The molecule has 3 unspecified atom stereocenters. The van der Waals surface area contributed by atoms with Gasteiger partial charge in [0.15, 0.2) is 0 Å². The SMILES string of the molecule is C1=CC2Oc3ccccc3C(c3ccccc3)C2C=C1. The van der Waals surface area contributed by atoms with Gasteiger partial charge in [0.2, 0.25) is 0 Å². The third-order valence-electron chi connectivity index (χ3n) is 4.19. The molecule has 4 rings (SSSR count). The van der Waals surface area contributed by atoms with Crippen LogP contribution in [-0.2, 0) is 0 Å². The molecule has 1 aliphatic carbocycles.